The Labute approximate surface area is 126 Å². The Balaban J connectivity index is 1.85. The first-order chi connectivity index (χ1) is 9.99. The van der Waals surface area contributed by atoms with Crippen LogP contribution in [-0.4, -0.2) is 62.4 Å². The normalized spacial score (nSPS) is 21.3. The predicted molar refractivity (Wildman–Crippen MR) is 82.5 cm³/mol. The maximum Gasteiger partial charge on any atom is 0.223 e. The first-order valence-electron chi connectivity index (χ1n) is 7.27. The Morgan fingerprint density at radius 1 is 1.24 bits per heavy atom. The second-order valence-corrected chi connectivity index (χ2v) is 5.74. The monoisotopic (exact) mass is 292 g/mol. The van der Waals surface area contributed by atoms with E-state index in [9.17, 15) is 9.90 Å². The highest BCUT2D eigenvalue weighted by Gasteiger charge is 2.31. The van der Waals surface area contributed by atoms with Crippen molar-refractivity contribution in [3.8, 4) is 0 Å². The molecule has 1 aliphatic rings. The maximum absolute atomic E-state index is 12.2. The lowest BCUT2D eigenvalue weighted by Crippen LogP contribution is -2.44. The number of aryl methyl sites for hydroxylation is 1. The van der Waals surface area contributed by atoms with Crippen LogP contribution in [0.3, 0.4) is 0 Å². The molecule has 1 saturated heterocycles. The quantitative estimate of drug-likeness (QED) is 0.876. The van der Waals surface area contributed by atoms with Gasteiger partial charge in [0.15, 0.2) is 0 Å². The van der Waals surface area contributed by atoms with E-state index in [1.54, 1.807) is 11.9 Å². The number of carbonyl (C=O) groups excluding carboxylic acids is 1. The van der Waals surface area contributed by atoms with Crippen LogP contribution in [0, 0.1) is 0 Å². The first kappa shape index (κ1) is 15.8. The summed E-state index contributed by atoms with van der Waals surface area (Å²) in [6, 6.07) is 8.00. The molecular weight excluding hydrogens is 268 g/mol. The summed E-state index contributed by atoms with van der Waals surface area (Å²) in [4.78, 5) is 15.8. The van der Waals surface area contributed by atoms with E-state index in [0.29, 0.717) is 26.1 Å². The van der Waals surface area contributed by atoms with E-state index in [-0.39, 0.29) is 11.9 Å². The molecule has 1 aromatic rings. The fraction of sp³-hybridized carbons (Fsp3) is 0.562. The van der Waals surface area contributed by atoms with E-state index < -0.39 is 6.10 Å². The second kappa shape index (κ2) is 6.91. The average Bonchev–Trinajstić information content (AvgIpc) is 2.90. The third-order valence-corrected chi connectivity index (χ3v) is 3.99. The lowest BCUT2D eigenvalue weighted by Gasteiger charge is -2.25. The van der Waals surface area contributed by atoms with Crippen LogP contribution in [0.1, 0.15) is 12.0 Å². The van der Waals surface area contributed by atoms with Crippen LogP contribution in [0.4, 0.5) is 5.69 Å². The van der Waals surface area contributed by atoms with Gasteiger partial charge in [0.25, 0.3) is 0 Å². The highest BCUT2D eigenvalue weighted by Crippen LogP contribution is 2.16. The van der Waals surface area contributed by atoms with Crippen LogP contribution >= 0.6 is 0 Å². The Morgan fingerprint density at radius 3 is 2.43 bits per heavy atom. The van der Waals surface area contributed by atoms with Crippen molar-refractivity contribution in [2.45, 2.75) is 25.0 Å². The third kappa shape index (κ3) is 3.95. The molecule has 0 spiro atoms. The Morgan fingerprint density at radius 2 is 1.90 bits per heavy atom. The van der Waals surface area contributed by atoms with Crippen molar-refractivity contribution in [3.05, 3.63) is 29.8 Å². The fourth-order valence-electron chi connectivity index (χ4n) is 2.47. The van der Waals surface area contributed by atoms with E-state index >= 15 is 0 Å². The zero-order valence-corrected chi connectivity index (χ0v) is 13.0. The molecule has 1 aliphatic heterocycles. The van der Waals surface area contributed by atoms with Gasteiger partial charge in [0.2, 0.25) is 5.91 Å². The maximum atomic E-state index is 12.2. The third-order valence-electron chi connectivity index (χ3n) is 3.99. The van der Waals surface area contributed by atoms with Crippen molar-refractivity contribution in [2.75, 3.05) is 39.3 Å². The molecule has 2 atom stereocenters. The topological polar surface area (TPSA) is 53.0 Å². The summed E-state index contributed by atoms with van der Waals surface area (Å²) in [5, 5.41) is 9.75. The zero-order valence-electron chi connectivity index (χ0n) is 13.0. The predicted octanol–water partition coefficient (Wildman–Crippen LogP) is 0.903. The highest BCUT2D eigenvalue weighted by atomic mass is 16.5. The minimum atomic E-state index is -0.571. The standard InChI is InChI=1S/C16H24N2O3/c1-17(2)13-7-4-12(5-8-13)6-9-16(20)18(3)14-10-21-11-15(14)19/h4-5,7-8,14-15,19H,6,9-11H2,1-3H3/t14-,15-/m0/s1. The molecule has 1 aromatic carbocycles. The zero-order chi connectivity index (χ0) is 15.4. The van der Waals surface area contributed by atoms with Gasteiger partial charge in [-0.1, -0.05) is 12.1 Å². The summed E-state index contributed by atoms with van der Waals surface area (Å²) in [6.45, 7) is 0.731. The number of nitrogens with zero attached hydrogens (tertiary/aromatic N) is 2. The number of ether oxygens (including phenoxy) is 1. The number of aliphatic hydroxyl groups is 1. The summed E-state index contributed by atoms with van der Waals surface area (Å²) in [5.74, 6) is 0.0428. The van der Waals surface area contributed by atoms with Gasteiger partial charge >= 0.3 is 0 Å². The van der Waals surface area contributed by atoms with Crippen molar-refractivity contribution in [1.82, 2.24) is 4.90 Å². The Hall–Kier alpha value is -1.59. The molecule has 1 fully saturated rings. The smallest absolute Gasteiger partial charge is 0.223 e. The van der Waals surface area contributed by atoms with Crippen LogP contribution < -0.4 is 4.90 Å². The average molecular weight is 292 g/mol. The molecule has 0 aromatic heterocycles. The summed E-state index contributed by atoms with van der Waals surface area (Å²) in [5.41, 5.74) is 2.29. The number of hydrogen-bond donors (Lipinski definition) is 1. The lowest BCUT2D eigenvalue weighted by atomic mass is 10.1. The molecule has 5 nitrogen and oxygen atoms in total. The number of aliphatic hydroxyl groups excluding tert-OH is 1. The molecule has 0 bridgehead atoms. The summed E-state index contributed by atoms with van der Waals surface area (Å²) >= 11 is 0. The lowest BCUT2D eigenvalue weighted by molar-refractivity contribution is -0.133. The fourth-order valence-corrected chi connectivity index (χ4v) is 2.47. The Kier molecular flexibility index (Phi) is 5.20. The summed E-state index contributed by atoms with van der Waals surface area (Å²) < 4.78 is 5.19. The number of carbonyl (C=O) groups is 1. The first-order valence-corrected chi connectivity index (χ1v) is 7.27. The van der Waals surface area contributed by atoms with Crippen molar-refractivity contribution >= 4 is 11.6 Å². The SMILES string of the molecule is CN(C)c1ccc(CCC(=O)N(C)[C@H]2COC[C@@H]2O)cc1. The molecule has 1 heterocycles. The van der Waals surface area contributed by atoms with E-state index in [1.807, 2.05) is 19.0 Å². The molecule has 1 amide bonds. The number of rotatable bonds is 5. The molecular formula is C16H24N2O3. The molecule has 2 rings (SSSR count). The van der Waals surface area contributed by atoms with E-state index in [2.05, 4.69) is 24.3 Å². The van der Waals surface area contributed by atoms with Crippen LogP contribution in [0.15, 0.2) is 24.3 Å². The second-order valence-electron chi connectivity index (χ2n) is 5.74. The summed E-state index contributed by atoms with van der Waals surface area (Å²) in [7, 11) is 5.74. The minimum Gasteiger partial charge on any atom is -0.388 e. The molecule has 21 heavy (non-hydrogen) atoms. The molecule has 0 saturated carbocycles. The van der Waals surface area contributed by atoms with E-state index in [1.165, 1.54) is 0 Å². The van der Waals surface area contributed by atoms with Crippen LogP contribution in [0.2, 0.25) is 0 Å². The number of benzene rings is 1. The van der Waals surface area contributed by atoms with Gasteiger partial charge in [-0.3, -0.25) is 4.79 Å². The van der Waals surface area contributed by atoms with E-state index in [4.69, 9.17) is 4.74 Å². The van der Waals surface area contributed by atoms with Crippen molar-refractivity contribution in [1.29, 1.82) is 0 Å². The van der Waals surface area contributed by atoms with Gasteiger partial charge in [-0.2, -0.15) is 0 Å². The highest BCUT2D eigenvalue weighted by molar-refractivity contribution is 5.76. The Bertz CT molecular complexity index is 473. The number of anilines is 1. The van der Waals surface area contributed by atoms with E-state index in [0.717, 1.165) is 11.3 Å². The van der Waals surface area contributed by atoms with Gasteiger partial charge in [0.1, 0.15) is 0 Å². The minimum absolute atomic E-state index is 0.0428. The van der Waals surface area contributed by atoms with Crippen LogP contribution in [0.25, 0.3) is 0 Å². The molecule has 0 radical (unpaired) electrons. The largest absolute Gasteiger partial charge is 0.388 e. The van der Waals surface area contributed by atoms with Crippen molar-refractivity contribution in [3.63, 3.8) is 0 Å². The van der Waals surface area contributed by atoms with Gasteiger partial charge in [-0.15, -0.1) is 0 Å². The van der Waals surface area contributed by atoms with Crippen molar-refractivity contribution in [2.24, 2.45) is 0 Å². The molecule has 0 aliphatic carbocycles. The van der Waals surface area contributed by atoms with Crippen LogP contribution in [-0.2, 0) is 16.0 Å². The van der Waals surface area contributed by atoms with Gasteiger partial charge in [0.05, 0.1) is 25.4 Å². The molecule has 1 N–H and O–H groups in total. The number of amides is 1. The number of likely N-dealkylation sites (N-methyl/N-ethyl adjacent to an activating group) is 1. The van der Waals surface area contributed by atoms with Gasteiger partial charge < -0.3 is 19.6 Å². The van der Waals surface area contributed by atoms with Gasteiger partial charge in [-0.25, -0.2) is 0 Å². The van der Waals surface area contributed by atoms with Crippen molar-refractivity contribution < 1.29 is 14.6 Å². The number of hydrogen-bond acceptors (Lipinski definition) is 4. The van der Waals surface area contributed by atoms with Gasteiger partial charge in [0, 0.05) is 33.3 Å². The van der Waals surface area contributed by atoms with Crippen LogP contribution in [0.5, 0.6) is 0 Å². The molecule has 116 valence electrons. The summed E-state index contributed by atoms with van der Waals surface area (Å²) in [6.07, 6.45) is 0.583. The molecule has 5 heteroatoms. The molecule has 0 unspecified atom stereocenters. The van der Waals surface area contributed by atoms with Gasteiger partial charge in [-0.05, 0) is 24.1 Å².